The summed E-state index contributed by atoms with van der Waals surface area (Å²) in [5.41, 5.74) is 0.384. The maximum absolute atomic E-state index is 11.5. The zero-order chi connectivity index (χ0) is 11.5. The normalized spacial score (nSPS) is 19.5. The standard InChI is InChI=1S/C12H24N2O/c1-11(2,3)14-8-10(15)13-9-12(4)6-5-7-12/h14H,5-9H2,1-4H3,(H,13,15). The third-order valence-corrected chi connectivity index (χ3v) is 3.05. The minimum Gasteiger partial charge on any atom is -0.354 e. The Morgan fingerprint density at radius 3 is 2.33 bits per heavy atom. The molecule has 0 atom stereocenters. The first kappa shape index (κ1) is 12.5. The lowest BCUT2D eigenvalue weighted by Crippen LogP contribution is -2.46. The third-order valence-electron chi connectivity index (χ3n) is 3.05. The second kappa shape index (κ2) is 4.52. The SMILES string of the molecule is CC1(CNC(=O)CNC(C)(C)C)CCC1. The molecule has 0 aromatic heterocycles. The van der Waals surface area contributed by atoms with Crippen LogP contribution in [-0.2, 0) is 4.79 Å². The van der Waals surface area contributed by atoms with Crippen LogP contribution in [-0.4, -0.2) is 24.5 Å². The average Bonchev–Trinajstić information content (AvgIpc) is 2.07. The van der Waals surface area contributed by atoms with E-state index in [1.165, 1.54) is 19.3 Å². The Kier molecular flexibility index (Phi) is 3.77. The van der Waals surface area contributed by atoms with Gasteiger partial charge in [-0.25, -0.2) is 0 Å². The van der Waals surface area contributed by atoms with Gasteiger partial charge in [-0.1, -0.05) is 13.3 Å². The van der Waals surface area contributed by atoms with Crippen LogP contribution in [0.2, 0.25) is 0 Å². The molecule has 1 aliphatic carbocycles. The number of rotatable bonds is 4. The van der Waals surface area contributed by atoms with Crippen molar-refractivity contribution in [1.29, 1.82) is 0 Å². The summed E-state index contributed by atoms with van der Waals surface area (Å²) in [4.78, 5) is 11.5. The molecule has 0 aliphatic heterocycles. The monoisotopic (exact) mass is 212 g/mol. The largest absolute Gasteiger partial charge is 0.354 e. The van der Waals surface area contributed by atoms with Crippen LogP contribution < -0.4 is 10.6 Å². The number of hydrogen-bond donors (Lipinski definition) is 2. The van der Waals surface area contributed by atoms with E-state index in [-0.39, 0.29) is 11.4 Å². The highest BCUT2D eigenvalue weighted by molar-refractivity contribution is 5.78. The molecule has 1 rings (SSSR count). The molecule has 88 valence electrons. The molecule has 3 nitrogen and oxygen atoms in total. The second-order valence-electron chi connectivity index (χ2n) is 6.04. The van der Waals surface area contributed by atoms with Crippen molar-refractivity contribution in [2.45, 2.75) is 52.5 Å². The van der Waals surface area contributed by atoms with Gasteiger partial charge in [0.25, 0.3) is 0 Å². The fourth-order valence-corrected chi connectivity index (χ4v) is 1.68. The molecule has 15 heavy (non-hydrogen) atoms. The van der Waals surface area contributed by atoms with Gasteiger partial charge in [0.1, 0.15) is 0 Å². The number of carbonyl (C=O) groups excluding carboxylic acids is 1. The van der Waals surface area contributed by atoms with E-state index in [0.29, 0.717) is 12.0 Å². The summed E-state index contributed by atoms with van der Waals surface area (Å²) in [6, 6.07) is 0. The van der Waals surface area contributed by atoms with E-state index in [2.05, 4.69) is 38.3 Å². The van der Waals surface area contributed by atoms with Crippen molar-refractivity contribution in [2.24, 2.45) is 5.41 Å². The topological polar surface area (TPSA) is 41.1 Å². The van der Waals surface area contributed by atoms with Crippen LogP contribution in [0.1, 0.15) is 47.0 Å². The Balaban J connectivity index is 2.14. The van der Waals surface area contributed by atoms with Gasteiger partial charge >= 0.3 is 0 Å². The van der Waals surface area contributed by atoms with Crippen molar-refractivity contribution in [3.05, 3.63) is 0 Å². The van der Waals surface area contributed by atoms with Gasteiger partial charge < -0.3 is 10.6 Å². The maximum Gasteiger partial charge on any atom is 0.233 e. The average molecular weight is 212 g/mol. The fraction of sp³-hybridized carbons (Fsp3) is 0.917. The van der Waals surface area contributed by atoms with E-state index in [1.54, 1.807) is 0 Å². The molecule has 2 N–H and O–H groups in total. The van der Waals surface area contributed by atoms with Gasteiger partial charge in [0.15, 0.2) is 0 Å². The Labute approximate surface area is 93.0 Å². The zero-order valence-electron chi connectivity index (χ0n) is 10.4. The van der Waals surface area contributed by atoms with Crippen LogP contribution in [0, 0.1) is 5.41 Å². The lowest BCUT2D eigenvalue weighted by molar-refractivity contribution is -0.121. The predicted molar refractivity (Wildman–Crippen MR) is 62.7 cm³/mol. The Hall–Kier alpha value is -0.570. The van der Waals surface area contributed by atoms with Gasteiger partial charge in [-0.05, 0) is 39.0 Å². The first-order valence-corrected chi connectivity index (χ1v) is 5.83. The number of hydrogen-bond acceptors (Lipinski definition) is 2. The minimum absolute atomic E-state index is 0.0116. The van der Waals surface area contributed by atoms with E-state index < -0.39 is 0 Å². The molecule has 1 amide bonds. The summed E-state index contributed by atoms with van der Waals surface area (Å²) < 4.78 is 0. The van der Waals surface area contributed by atoms with Gasteiger partial charge in [-0.2, -0.15) is 0 Å². The van der Waals surface area contributed by atoms with Crippen LogP contribution >= 0.6 is 0 Å². The van der Waals surface area contributed by atoms with E-state index in [4.69, 9.17) is 0 Å². The molecular formula is C12H24N2O. The van der Waals surface area contributed by atoms with Crippen molar-refractivity contribution in [3.8, 4) is 0 Å². The lowest BCUT2D eigenvalue weighted by atomic mass is 9.70. The van der Waals surface area contributed by atoms with Crippen molar-refractivity contribution in [2.75, 3.05) is 13.1 Å². The van der Waals surface area contributed by atoms with E-state index in [9.17, 15) is 4.79 Å². The third kappa shape index (κ3) is 4.65. The van der Waals surface area contributed by atoms with Crippen LogP contribution in [0.4, 0.5) is 0 Å². The number of amides is 1. The maximum atomic E-state index is 11.5. The molecule has 1 aliphatic rings. The molecule has 1 fully saturated rings. The smallest absolute Gasteiger partial charge is 0.233 e. The quantitative estimate of drug-likeness (QED) is 0.744. The van der Waals surface area contributed by atoms with Crippen LogP contribution in [0.25, 0.3) is 0 Å². The van der Waals surface area contributed by atoms with Crippen molar-refractivity contribution < 1.29 is 4.79 Å². The summed E-state index contributed by atoms with van der Waals surface area (Å²) in [6.07, 6.45) is 3.81. The molecule has 0 unspecified atom stereocenters. The lowest BCUT2D eigenvalue weighted by Gasteiger charge is -2.38. The molecule has 0 saturated heterocycles. The Morgan fingerprint density at radius 2 is 1.93 bits per heavy atom. The van der Waals surface area contributed by atoms with Gasteiger partial charge in [0, 0.05) is 12.1 Å². The summed E-state index contributed by atoms with van der Waals surface area (Å²) in [5, 5.41) is 6.18. The molecule has 0 aromatic carbocycles. The molecule has 3 heteroatoms. The first-order chi connectivity index (χ1) is 6.81. The molecular weight excluding hydrogens is 188 g/mol. The van der Waals surface area contributed by atoms with E-state index in [0.717, 1.165) is 6.54 Å². The molecule has 0 heterocycles. The summed E-state index contributed by atoms with van der Waals surface area (Å²) in [7, 11) is 0. The van der Waals surface area contributed by atoms with Gasteiger partial charge in [0.2, 0.25) is 5.91 Å². The van der Waals surface area contributed by atoms with Gasteiger partial charge in [-0.15, -0.1) is 0 Å². The molecule has 0 radical (unpaired) electrons. The summed E-state index contributed by atoms with van der Waals surface area (Å²) >= 11 is 0. The van der Waals surface area contributed by atoms with E-state index >= 15 is 0 Å². The first-order valence-electron chi connectivity index (χ1n) is 5.83. The fourth-order valence-electron chi connectivity index (χ4n) is 1.68. The summed E-state index contributed by atoms with van der Waals surface area (Å²) in [6.45, 7) is 9.68. The molecule has 0 spiro atoms. The number of nitrogens with one attached hydrogen (secondary N) is 2. The number of carbonyl (C=O) groups is 1. The van der Waals surface area contributed by atoms with Crippen molar-refractivity contribution in [1.82, 2.24) is 10.6 Å². The van der Waals surface area contributed by atoms with E-state index in [1.807, 2.05) is 0 Å². The van der Waals surface area contributed by atoms with Crippen LogP contribution in [0.3, 0.4) is 0 Å². The zero-order valence-corrected chi connectivity index (χ0v) is 10.4. The summed E-state index contributed by atoms with van der Waals surface area (Å²) in [5.74, 6) is 0.109. The highest BCUT2D eigenvalue weighted by atomic mass is 16.1. The van der Waals surface area contributed by atoms with Crippen molar-refractivity contribution >= 4 is 5.91 Å². The Morgan fingerprint density at radius 1 is 1.33 bits per heavy atom. The van der Waals surface area contributed by atoms with Crippen LogP contribution in [0.15, 0.2) is 0 Å². The minimum atomic E-state index is 0.0116. The van der Waals surface area contributed by atoms with Crippen LogP contribution in [0.5, 0.6) is 0 Å². The molecule has 0 bridgehead atoms. The Bertz CT molecular complexity index is 226. The highest BCUT2D eigenvalue weighted by Gasteiger charge is 2.31. The highest BCUT2D eigenvalue weighted by Crippen LogP contribution is 2.39. The van der Waals surface area contributed by atoms with Gasteiger partial charge in [0.05, 0.1) is 6.54 Å². The predicted octanol–water partition coefficient (Wildman–Crippen LogP) is 1.68. The molecule has 0 aromatic rings. The van der Waals surface area contributed by atoms with Crippen molar-refractivity contribution in [3.63, 3.8) is 0 Å². The van der Waals surface area contributed by atoms with Gasteiger partial charge in [-0.3, -0.25) is 4.79 Å². The second-order valence-corrected chi connectivity index (χ2v) is 6.04. The molecule has 1 saturated carbocycles.